The van der Waals surface area contributed by atoms with E-state index in [4.69, 9.17) is 37.9 Å². The Labute approximate surface area is 303 Å². The molecule has 3 fully saturated rings. The van der Waals surface area contributed by atoms with E-state index in [1.54, 1.807) is 20.8 Å². The average Bonchev–Trinajstić information content (AvgIpc) is 3.10. The first-order chi connectivity index (χ1) is 25.1. The number of cyclic esters (lactones) is 2. The van der Waals surface area contributed by atoms with Crippen molar-refractivity contribution < 1.29 is 76.9 Å². The molecular weight excluding hydrogens is 700 g/mol. The summed E-state index contributed by atoms with van der Waals surface area (Å²) in [5.74, 6) is -12.5. The fourth-order valence-corrected chi connectivity index (χ4v) is 5.68. The highest BCUT2D eigenvalue weighted by Gasteiger charge is 2.56. The van der Waals surface area contributed by atoms with Crippen molar-refractivity contribution in [2.75, 3.05) is 0 Å². The number of aliphatic hydroxyl groups is 2. The monoisotopic (exact) mass is 738 g/mol. The van der Waals surface area contributed by atoms with E-state index in [1.807, 2.05) is 0 Å². The van der Waals surface area contributed by atoms with Gasteiger partial charge >= 0.3 is 35.8 Å². The molecule has 4 heterocycles. The minimum absolute atomic E-state index is 0.138. The van der Waals surface area contributed by atoms with Crippen LogP contribution in [0.15, 0.2) is 94.9 Å². The van der Waals surface area contributed by atoms with Crippen LogP contribution in [0.4, 0.5) is 0 Å². The van der Waals surface area contributed by atoms with Gasteiger partial charge in [-0.3, -0.25) is 0 Å². The summed E-state index contributed by atoms with van der Waals surface area (Å²) in [6.07, 6.45) is 13.3. The molecule has 0 aromatic carbocycles. The molecule has 0 aromatic rings. The standard InChI is InChI=1S/C37H38O16/c1-5-34(4)46-26(38)22(27(39)47-34)14-10-8-12-16-24-30(42)50-36(51-31(24)43)18-20-37(21-19-36)52-32(44)25(33(45)53-37)17-13-9-11-15-23-28(40)48-35(6-2,7-3)49-29(23)41/h8-17,38,40H,5-7,18-21H2,1-4H3. The van der Waals surface area contributed by atoms with E-state index in [9.17, 15) is 39.0 Å². The molecule has 5 rings (SSSR count). The highest BCUT2D eigenvalue weighted by molar-refractivity contribution is 6.16. The third-order valence-electron chi connectivity index (χ3n) is 9.07. The van der Waals surface area contributed by atoms with E-state index in [2.05, 4.69) is 0 Å². The van der Waals surface area contributed by atoms with Gasteiger partial charge in [-0.1, -0.05) is 57.2 Å². The number of hydrogen-bond donors (Lipinski definition) is 2. The second-order valence-electron chi connectivity index (χ2n) is 12.6. The summed E-state index contributed by atoms with van der Waals surface area (Å²) in [6, 6.07) is 0. The van der Waals surface area contributed by atoms with E-state index in [0.29, 0.717) is 19.3 Å². The van der Waals surface area contributed by atoms with Crippen LogP contribution >= 0.6 is 0 Å². The van der Waals surface area contributed by atoms with E-state index >= 15 is 0 Å². The predicted molar refractivity (Wildman–Crippen MR) is 177 cm³/mol. The average molecular weight is 739 g/mol. The lowest BCUT2D eigenvalue weighted by molar-refractivity contribution is -0.291. The number of carbonyl (C=O) groups excluding carboxylic acids is 6. The van der Waals surface area contributed by atoms with Gasteiger partial charge in [0.1, 0.15) is 22.3 Å². The fourth-order valence-electron chi connectivity index (χ4n) is 5.68. The highest BCUT2D eigenvalue weighted by Crippen LogP contribution is 2.45. The lowest BCUT2D eigenvalue weighted by atomic mass is 9.87. The summed E-state index contributed by atoms with van der Waals surface area (Å²) in [5.41, 5.74) is -1.25. The van der Waals surface area contributed by atoms with Gasteiger partial charge in [0.2, 0.25) is 0 Å². The zero-order valence-corrected chi connectivity index (χ0v) is 29.3. The molecule has 1 saturated carbocycles. The van der Waals surface area contributed by atoms with Crippen molar-refractivity contribution in [3.05, 3.63) is 94.9 Å². The molecule has 1 atom stereocenters. The van der Waals surface area contributed by atoms with E-state index in [-0.39, 0.29) is 36.8 Å². The van der Waals surface area contributed by atoms with Crippen LogP contribution in [0.25, 0.3) is 0 Å². The molecule has 282 valence electrons. The largest absolute Gasteiger partial charge is 0.480 e. The van der Waals surface area contributed by atoms with Gasteiger partial charge in [-0.25, -0.2) is 28.8 Å². The van der Waals surface area contributed by atoms with Gasteiger partial charge in [0.05, 0.1) is 0 Å². The zero-order chi connectivity index (χ0) is 38.6. The molecule has 2 spiro atoms. The van der Waals surface area contributed by atoms with Crippen molar-refractivity contribution in [3.63, 3.8) is 0 Å². The Hall–Kier alpha value is -6.06. The zero-order valence-electron chi connectivity index (χ0n) is 29.3. The second kappa shape index (κ2) is 14.9. The van der Waals surface area contributed by atoms with Crippen molar-refractivity contribution in [1.29, 1.82) is 0 Å². The van der Waals surface area contributed by atoms with Gasteiger partial charge in [0.25, 0.3) is 35.0 Å². The lowest BCUT2D eigenvalue weighted by Crippen LogP contribution is -2.56. The number of carbonyl (C=O) groups is 6. The van der Waals surface area contributed by atoms with Gasteiger partial charge in [0, 0.05) is 51.9 Å². The Bertz CT molecular complexity index is 1790. The minimum atomic E-state index is -1.67. The molecule has 16 nitrogen and oxygen atoms in total. The van der Waals surface area contributed by atoms with E-state index < -0.39 is 82.0 Å². The Morgan fingerprint density at radius 3 is 1.25 bits per heavy atom. The highest BCUT2D eigenvalue weighted by atomic mass is 16.8. The first-order valence-electron chi connectivity index (χ1n) is 16.9. The first kappa shape index (κ1) is 38.2. The SMILES string of the molecule is CCC1(C)OC(=O)C(C=CC=CC=C2C(=O)OC3(CCC4(CC3)OC(=O)C(=CC=CC=CC3=C(O)OC(CC)(CC)OC3=O)C(=O)O4)OC2=O)=C(O)O1. The Morgan fingerprint density at radius 1 is 0.491 bits per heavy atom. The van der Waals surface area contributed by atoms with Crippen molar-refractivity contribution >= 4 is 35.8 Å². The quantitative estimate of drug-likeness (QED) is 0.109. The normalized spacial score (nSPS) is 29.0. The summed E-state index contributed by atoms with van der Waals surface area (Å²) >= 11 is 0. The van der Waals surface area contributed by atoms with Crippen LogP contribution in [0.3, 0.4) is 0 Å². The van der Waals surface area contributed by atoms with Gasteiger partial charge < -0.3 is 48.1 Å². The lowest BCUT2D eigenvalue weighted by Gasteiger charge is -2.45. The fraction of sp³-hybridized carbons (Fsp3) is 0.405. The van der Waals surface area contributed by atoms with Crippen LogP contribution in [-0.2, 0) is 66.7 Å². The third-order valence-corrected chi connectivity index (χ3v) is 9.07. The van der Waals surface area contributed by atoms with Crippen LogP contribution in [0.1, 0.15) is 72.6 Å². The van der Waals surface area contributed by atoms with Gasteiger partial charge in [-0.2, -0.15) is 0 Å². The number of esters is 6. The summed E-state index contributed by atoms with van der Waals surface area (Å²) in [6.45, 7) is 6.73. The smallest absolute Gasteiger partial charge is 0.348 e. The van der Waals surface area contributed by atoms with E-state index in [0.717, 1.165) is 12.2 Å². The number of rotatable bonds is 9. The van der Waals surface area contributed by atoms with Crippen LogP contribution in [0.2, 0.25) is 0 Å². The molecule has 0 amide bonds. The molecule has 5 aliphatic rings. The topological polar surface area (TPSA) is 217 Å². The molecule has 1 unspecified atom stereocenters. The summed E-state index contributed by atoms with van der Waals surface area (Å²) < 4.78 is 43.1. The summed E-state index contributed by atoms with van der Waals surface area (Å²) in [7, 11) is 0. The molecule has 4 aliphatic heterocycles. The van der Waals surface area contributed by atoms with Crippen molar-refractivity contribution in [3.8, 4) is 0 Å². The Morgan fingerprint density at radius 2 is 0.887 bits per heavy atom. The maximum atomic E-state index is 12.8. The summed E-state index contributed by atoms with van der Waals surface area (Å²) in [4.78, 5) is 75.8. The number of allylic oxidation sites excluding steroid dienone is 8. The summed E-state index contributed by atoms with van der Waals surface area (Å²) in [5, 5.41) is 20.3. The minimum Gasteiger partial charge on any atom is -0.480 e. The molecular formula is C37H38O16. The predicted octanol–water partition coefficient (Wildman–Crippen LogP) is 4.56. The second-order valence-corrected chi connectivity index (χ2v) is 12.6. The number of aliphatic hydroxyl groups excluding tert-OH is 2. The molecule has 16 heteroatoms. The molecule has 53 heavy (non-hydrogen) atoms. The maximum absolute atomic E-state index is 12.8. The van der Waals surface area contributed by atoms with Gasteiger partial charge in [-0.15, -0.1) is 0 Å². The van der Waals surface area contributed by atoms with Crippen LogP contribution < -0.4 is 0 Å². The third kappa shape index (κ3) is 8.05. The van der Waals surface area contributed by atoms with Crippen LogP contribution in [-0.4, -0.2) is 69.2 Å². The molecule has 0 bridgehead atoms. The van der Waals surface area contributed by atoms with Crippen molar-refractivity contribution in [2.45, 2.75) is 95.8 Å². The molecule has 0 aromatic heterocycles. The Kier molecular flexibility index (Phi) is 10.7. The van der Waals surface area contributed by atoms with Crippen LogP contribution in [0.5, 0.6) is 0 Å². The maximum Gasteiger partial charge on any atom is 0.348 e. The Balaban J connectivity index is 1.14. The molecule has 1 aliphatic carbocycles. The molecule has 2 saturated heterocycles. The van der Waals surface area contributed by atoms with Gasteiger partial charge in [0.15, 0.2) is 0 Å². The number of hydrogen-bond acceptors (Lipinski definition) is 16. The van der Waals surface area contributed by atoms with Crippen molar-refractivity contribution in [1.82, 2.24) is 0 Å². The van der Waals surface area contributed by atoms with E-state index in [1.165, 1.54) is 55.5 Å². The molecule has 0 radical (unpaired) electrons. The van der Waals surface area contributed by atoms with Crippen LogP contribution in [0, 0.1) is 0 Å². The first-order valence-corrected chi connectivity index (χ1v) is 16.9. The van der Waals surface area contributed by atoms with Gasteiger partial charge in [-0.05, 0) is 24.3 Å². The molecule has 2 N–H and O–H groups in total. The number of ether oxygens (including phenoxy) is 8. The van der Waals surface area contributed by atoms with Crippen molar-refractivity contribution in [2.24, 2.45) is 0 Å².